The quantitative estimate of drug-likeness (QED) is 0.811. The second kappa shape index (κ2) is 5.79. The van der Waals surface area contributed by atoms with Crippen LogP contribution in [0.1, 0.15) is 48.4 Å². The smallest absolute Gasteiger partial charge is 0.245 e. The molecule has 0 bridgehead atoms. The van der Waals surface area contributed by atoms with Gasteiger partial charge in [-0.2, -0.15) is 0 Å². The summed E-state index contributed by atoms with van der Waals surface area (Å²) < 4.78 is 12.0. The van der Waals surface area contributed by atoms with Crippen LogP contribution in [0.5, 0.6) is 5.75 Å². The lowest BCUT2D eigenvalue weighted by atomic mass is 9.71. The number of aryl methyl sites for hydroxylation is 1. The van der Waals surface area contributed by atoms with Crippen LogP contribution in [-0.2, 0) is 12.0 Å². The molecule has 4 rings (SSSR count). The molecule has 0 saturated carbocycles. The summed E-state index contributed by atoms with van der Waals surface area (Å²) >= 11 is 0. The molecular formula is C20H25NO4Si. The van der Waals surface area contributed by atoms with Gasteiger partial charge in [0.2, 0.25) is 8.32 Å². The Hall–Kier alpha value is -1.92. The molecule has 0 radical (unpaired) electrons. The lowest BCUT2D eigenvalue weighted by Gasteiger charge is -2.35. The van der Waals surface area contributed by atoms with Crippen LogP contribution in [0, 0.1) is 5.92 Å². The van der Waals surface area contributed by atoms with E-state index in [1.807, 2.05) is 12.1 Å². The number of ketones is 1. The minimum Gasteiger partial charge on any atom is -0.544 e. The van der Waals surface area contributed by atoms with Crippen molar-refractivity contribution in [1.82, 2.24) is 5.16 Å². The van der Waals surface area contributed by atoms with E-state index in [0.717, 1.165) is 6.04 Å². The number of carbonyl (C=O) groups excluding carboxylic acids is 1. The second-order valence-electron chi connectivity index (χ2n) is 8.51. The molecule has 1 heterocycles. The standard InChI is InChI=1S/C20H25NO4Si/c1-12(2)11-26(3,4)25-14-8-5-7-13-16(14)18-17-15(24-21-18)9-6-10-20(17,23)19(13)22/h5,7-8,12,23H,6,9-11H2,1-4H3. The number of fused-ring (bicyclic) bond motifs is 2. The van der Waals surface area contributed by atoms with Gasteiger partial charge in [-0.3, -0.25) is 4.79 Å². The third kappa shape index (κ3) is 2.55. The Labute approximate surface area is 154 Å². The lowest BCUT2D eigenvalue weighted by molar-refractivity contribution is 0.0186. The molecular weight excluding hydrogens is 346 g/mol. The summed E-state index contributed by atoms with van der Waals surface area (Å²) in [5.74, 6) is 1.58. The summed E-state index contributed by atoms with van der Waals surface area (Å²) in [6.45, 7) is 8.75. The number of Topliss-reactive ketones (excluding diaryl/α,β-unsaturated/α-hetero) is 1. The molecule has 1 unspecified atom stereocenters. The lowest BCUT2D eigenvalue weighted by Crippen LogP contribution is -2.42. The normalized spacial score (nSPS) is 21.5. The number of aromatic nitrogens is 1. The molecule has 0 aliphatic heterocycles. The summed E-state index contributed by atoms with van der Waals surface area (Å²) in [7, 11) is -1.97. The van der Waals surface area contributed by atoms with Gasteiger partial charge >= 0.3 is 0 Å². The van der Waals surface area contributed by atoms with E-state index in [4.69, 9.17) is 8.95 Å². The largest absolute Gasteiger partial charge is 0.544 e. The molecule has 0 spiro atoms. The fraction of sp³-hybridized carbons (Fsp3) is 0.500. The van der Waals surface area contributed by atoms with Crippen LogP contribution in [0.4, 0.5) is 0 Å². The Morgan fingerprint density at radius 1 is 1.38 bits per heavy atom. The van der Waals surface area contributed by atoms with Gasteiger partial charge in [0, 0.05) is 12.0 Å². The first kappa shape index (κ1) is 17.5. The van der Waals surface area contributed by atoms with Crippen LogP contribution in [0.25, 0.3) is 11.3 Å². The van der Waals surface area contributed by atoms with E-state index in [9.17, 15) is 9.90 Å². The van der Waals surface area contributed by atoms with Crippen LogP contribution < -0.4 is 4.43 Å². The van der Waals surface area contributed by atoms with Crippen molar-refractivity contribution in [2.75, 3.05) is 0 Å². The van der Waals surface area contributed by atoms with E-state index in [1.165, 1.54) is 0 Å². The van der Waals surface area contributed by atoms with E-state index in [2.05, 4.69) is 32.1 Å². The Morgan fingerprint density at radius 2 is 2.15 bits per heavy atom. The van der Waals surface area contributed by atoms with Crippen molar-refractivity contribution in [2.45, 2.75) is 57.8 Å². The number of carbonyl (C=O) groups is 1. The van der Waals surface area contributed by atoms with Gasteiger partial charge < -0.3 is 14.1 Å². The van der Waals surface area contributed by atoms with Crippen LogP contribution in [0.2, 0.25) is 19.1 Å². The van der Waals surface area contributed by atoms with Gasteiger partial charge in [-0.1, -0.05) is 31.1 Å². The first-order chi connectivity index (χ1) is 12.2. The molecule has 0 amide bonds. The van der Waals surface area contributed by atoms with Gasteiger partial charge in [0.1, 0.15) is 17.2 Å². The summed E-state index contributed by atoms with van der Waals surface area (Å²) in [5.41, 5.74) is 0.772. The van der Waals surface area contributed by atoms with Crippen molar-refractivity contribution in [3.8, 4) is 17.0 Å². The Kier molecular flexibility index (Phi) is 3.89. The molecule has 138 valence electrons. The van der Waals surface area contributed by atoms with E-state index in [1.54, 1.807) is 6.07 Å². The molecule has 1 atom stereocenters. The number of aliphatic hydroxyl groups is 1. The molecule has 6 heteroatoms. The molecule has 2 aromatic rings. The highest BCUT2D eigenvalue weighted by molar-refractivity contribution is 6.72. The van der Waals surface area contributed by atoms with Crippen LogP contribution in [-0.4, -0.2) is 24.4 Å². The zero-order valence-corrected chi connectivity index (χ0v) is 16.8. The van der Waals surface area contributed by atoms with Gasteiger partial charge in [0.15, 0.2) is 11.4 Å². The average molecular weight is 372 g/mol. The van der Waals surface area contributed by atoms with Crippen molar-refractivity contribution in [3.05, 3.63) is 35.1 Å². The number of hydrogen-bond donors (Lipinski definition) is 1. The zero-order chi connectivity index (χ0) is 18.7. The molecule has 2 aliphatic carbocycles. The monoisotopic (exact) mass is 371 g/mol. The zero-order valence-electron chi connectivity index (χ0n) is 15.8. The van der Waals surface area contributed by atoms with E-state index in [0.29, 0.717) is 59.1 Å². The van der Waals surface area contributed by atoms with E-state index >= 15 is 0 Å². The Balaban J connectivity index is 1.87. The highest BCUT2D eigenvalue weighted by Crippen LogP contribution is 2.51. The van der Waals surface area contributed by atoms with E-state index < -0.39 is 13.9 Å². The van der Waals surface area contributed by atoms with Crippen molar-refractivity contribution in [1.29, 1.82) is 0 Å². The topological polar surface area (TPSA) is 72.6 Å². The maximum Gasteiger partial charge on any atom is 0.245 e. The molecule has 0 saturated heterocycles. The predicted octanol–water partition coefficient (Wildman–Crippen LogP) is 4.30. The third-order valence-electron chi connectivity index (χ3n) is 5.29. The summed E-state index contributed by atoms with van der Waals surface area (Å²) in [6.07, 6.45) is 1.82. The van der Waals surface area contributed by atoms with Crippen molar-refractivity contribution >= 4 is 14.1 Å². The third-order valence-corrected chi connectivity index (χ3v) is 7.86. The molecule has 5 nitrogen and oxygen atoms in total. The Bertz CT molecular complexity index is 886. The maximum atomic E-state index is 13.1. The van der Waals surface area contributed by atoms with Gasteiger partial charge in [-0.05, 0) is 44.0 Å². The first-order valence-electron chi connectivity index (χ1n) is 9.31. The SMILES string of the molecule is CC(C)C[Si](C)(C)Oc1cccc2c1-c1noc3c1C(O)(CCC3)C2=O. The molecule has 1 N–H and O–H groups in total. The molecule has 1 aromatic heterocycles. The van der Waals surface area contributed by atoms with Gasteiger partial charge in [0.05, 0.1) is 11.1 Å². The highest BCUT2D eigenvalue weighted by Gasteiger charge is 2.51. The Morgan fingerprint density at radius 3 is 2.88 bits per heavy atom. The maximum absolute atomic E-state index is 13.1. The summed E-state index contributed by atoms with van der Waals surface area (Å²) in [6, 6.07) is 6.50. The minimum atomic E-state index is -1.97. The van der Waals surface area contributed by atoms with Crippen LogP contribution in [0.3, 0.4) is 0 Å². The number of rotatable bonds is 4. The number of benzene rings is 1. The van der Waals surface area contributed by atoms with Crippen LogP contribution in [0.15, 0.2) is 22.7 Å². The highest BCUT2D eigenvalue weighted by atomic mass is 28.4. The molecule has 1 aromatic carbocycles. The average Bonchev–Trinajstić information content (AvgIpc) is 2.97. The van der Waals surface area contributed by atoms with Crippen molar-refractivity contribution in [3.63, 3.8) is 0 Å². The number of nitrogens with zero attached hydrogens (tertiary/aromatic N) is 1. The predicted molar refractivity (Wildman–Crippen MR) is 101 cm³/mol. The number of hydrogen-bond acceptors (Lipinski definition) is 5. The molecule has 0 fully saturated rings. The summed E-state index contributed by atoms with van der Waals surface area (Å²) in [5, 5.41) is 15.4. The first-order valence-corrected chi connectivity index (χ1v) is 12.4. The molecule has 2 aliphatic rings. The van der Waals surface area contributed by atoms with Crippen LogP contribution >= 0.6 is 0 Å². The van der Waals surface area contributed by atoms with E-state index in [-0.39, 0.29) is 5.78 Å². The minimum absolute atomic E-state index is 0.266. The van der Waals surface area contributed by atoms with Crippen molar-refractivity contribution < 1.29 is 18.9 Å². The fourth-order valence-corrected chi connectivity index (χ4v) is 7.36. The molecule has 26 heavy (non-hydrogen) atoms. The second-order valence-corrected chi connectivity index (χ2v) is 12.6. The van der Waals surface area contributed by atoms with Gasteiger partial charge in [-0.25, -0.2) is 0 Å². The summed E-state index contributed by atoms with van der Waals surface area (Å²) in [4.78, 5) is 13.1. The fourth-order valence-electron chi connectivity index (χ4n) is 4.54. The van der Waals surface area contributed by atoms with Gasteiger partial charge in [-0.15, -0.1) is 0 Å². The van der Waals surface area contributed by atoms with Crippen molar-refractivity contribution in [2.24, 2.45) is 5.92 Å². The van der Waals surface area contributed by atoms with Gasteiger partial charge in [0.25, 0.3) is 0 Å².